The third kappa shape index (κ3) is 5.35. The van der Waals surface area contributed by atoms with Crippen LogP contribution in [0.4, 0.5) is 0 Å². The quantitative estimate of drug-likeness (QED) is 0.769. The van der Waals surface area contributed by atoms with Gasteiger partial charge in [0, 0.05) is 23.7 Å². The first-order valence-electron chi connectivity index (χ1n) is 5.96. The SMILES string of the molecule is CCNCc1cc(Br)ccc1OCC(O)COC. The number of nitrogens with one attached hydrogen (secondary N) is 1. The number of aliphatic hydroxyl groups excluding tert-OH is 1. The van der Waals surface area contributed by atoms with E-state index in [2.05, 4.69) is 28.2 Å². The van der Waals surface area contributed by atoms with Crippen molar-refractivity contribution in [2.75, 3.05) is 26.9 Å². The maximum atomic E-state index is 9.56. The van der Waals surface area contributed by atoms with Crippen LogP contribution in [0.15, 0.2) is 22.7 Å². The summed E-state index contributed by atoms with van der Waals surface area (Å²) in [6.07, 6.45) is -0.606. The predicted molar refractivity (Wildman–Crippen MR) is 74.9 cm³/mol. The van der Waals surface area contributed by atoms with Crippen LogP contribution in [0.3, 0.4) is 0 Å². The summed E-state index contributed by atoms with van der Waals surface area (Å²) in [6.45, 7) is 4.21. The molecule has 18 heavy (non-hydrogen) atoms. The van der Waals surface area contributed by atoms with Gasteiger partial charge in [0.1, 0.15) is 18.5 Å². The molecule has 4 nitrogen and oxygen atoms in total. The van der Waals surface area contributed by atoms with E-state index in [0.717, 1.165) is 28.9 Å². The Balaban J connectivity index is 2.62. The molecule has 0 radical (unpaired) electrons. The topological polar surface area (TPSA) is 50.7 Å². The Kier molecular flexibility index (Phi) is 7.27. The first-order valence-corrected chi connectivity index (χ1v) is 6.75. The van der Waals surface area contributed by atoms with E-state index in [1.54, 1.807) is 7.11 Å². The molecule has 1 atom stereocenters. The van der Waals surface area contributed by atoms with Gasteiger partial charge in [0.2, 0.25) is 0 Å². The number of halogens is 1. The Morgan fingerprint density at radius 1 is 1.39 bits per heavy atom. The van der Waals surface area contributed by atoms with Gasteiger partial charge in [-0.05, 0) is 24.7 Å². The largest absolute Gasteiger partial charge is 0.490 e. The summed E-state index contributed by atoms with van der Waals surface area (Å²) in [7, 11) is 1.56. The first kappa shape index (κ1) is 15.4. The summed E-state index contributed by atoms with van der Waals surface area (Å²) < 4.78 is 11.5. The lowest BCUT2D eigenvalue weighted by Crippen LogP contribution is -2.23. The van der Waals surface area contributed by atoms with E-state index in [1.807, 2.05) is 18.2 Å². The van der Waals surface area contributed by atoms with Crippen molar-refractivity contribution in [1.29, 1.82) is 0 Å². The molecule has 0 aromatic heterocycles. The van der Waals surface area contributed by atoms with Crippen molar-refractivity contribution in [2.24, 2.45) is 0 Å². The molecule has 0 fully saturated rings. The van der Waals surface area contributed by atoms with Crippen LogP contribution < -0.4 is 10.1 Å². The van der Waals surface area contributed by atoms with Crippen LogP contribution in [-0.4, -0.2) is 38.1 Å². The van der Waals surface area contributed by atoms with Crippen molar-refractivity contribution in [3.63, 3.8) is 0 Å². The van der Waals surface area contributed by atoms with Gasteiger partial charge in [0.25, 0.3) is 0 Å². The third-order valence-corrected chi connectivity index (χ3v) is 2.87. The molecule has 0 amide bonds. The summed E-state index contributed by atoms with van der Waals surface area (Å²) in [4.78, 5) is 0. The molecule has 5 heteroatoms. The number of methoxy groups -OCH3 is 1. The van der Waals surface area contributed by atoms with Gasteiger partial charge in [-0.25, -0.2) is 0 Å². The molecule has 1 unspecified atom stereocenters. The lowest BCUT2D eigenvalue weighted by molar-refractivity contribution is 0.0323. The summed E-state index contributed by atoms with van der Waals surface area (Å²) in [5, 5.41) is 12.8. The summed E-state index contributed by atoms with van der Waals surface area (Å²) in [5.41, 5.74) is 1.07. The van der Waals surface area contributed by atoms with Crippen molar-refractivity contribution >= 4 is 15.9 Å². The minimum Gasteiger partial charge on any atom is -0.490 e. The lowest BCUT2D eigenvalue weighted by Gasteiger charge is -2.15. The molecule has 1 rings (SSSR count). The Labute approximate surface area is 116 Å². The number of hydrogen-bond acceptors (Lipinski definition) is 4. The van der Waals surface area contributed by atoms with E-state index < -0.39 is 6.10 Å². The normalized spacial score (nSPS) is 12.4. The third-order valence-electron chi connectivity index (χ3n) is 2.38. The Morgan fingerprint density at radius 2 is 2.17 bits per heavy atom. The molecule has 0 aliphatic rings. The highest BCUT2D eigenvalue weighted by atomic mass is 79.9. The van der Waals surface area contributed by atoms with Gasteiger partial charge in [-0.2, -0.15) is 0 Å². The molecule has 1 aromatic carbocycles. The monoisotopic (exact) mass is 317 g/mol. The van der Waals surface area contributed by atoms with Crippen LogP contribution in [0, 0.1) is 0 Å². The number of benzene rings is 1. The fourth-order valence-corrected chi connectivity index (χ4v) is 1.92. The van der Waals surface area contributed by atoms with Gasteiger partial charge in [0.15, 0.2) is 0 Å². The molecule has 0 aliphatic heterocycles. The van der Waals surface area contributed by atoms with Crippen molar-refractivity contribution in [3.8, 4) is 5.75 Å². The van der Waals surface area contributed by atoms with Crippen LogP contribution in [0.1, 0.15) is 12.5 Å². The number of hydrogen-bond donors (Lipinski definition) is 2. The highest BCUT2D eigenvalue weighted by Gasteiger charge is 2.08. The molecular formula is C13H20BrNO3. The zero-order valence-electron chi connectivity index (χ0n) is 10.8. The standard InChI is InChI=1S/C13H20BrNO3/c1-3-15-7-10-6-11(14)4-5-13(10)18-9-12(16)8-17-2/h4-6,12,15-16H,3,7-9H2,1-2H3. The predicted octanol–water partition coefficient (Wildman–Crippen LogP) is 1.94. The molecule has 102 valence electrons. The fourth-order valence-electron chi connectivity index (χ4n) is 1.51. The van der Waals surface area contributed by atoms with Crippen LogP contribution in [-0.2, 0) is 11.3 Å². The maximum absolute atomic E-state index is 9.56. The molecule has 0 aliphatic carbocycles. The molecule has 2 N–H and O–H groups in total. The van der Waals surface area contributed by atoms with Gasteiger partial charge >= 0.3 is 0 Å². The second-order valence-corrected chi connectivity index (χ2v) is 4.87. The number of rotatable bonds is 8. The molecule has 0 heterocycles. The zero-order chi connectivity index (χ0) is 13.4. The van der Waals surface area contributed by atoms with Crippen LogP contribution in [0.25, 0.3) is 0 Å². The summed E-state index contributed by atoms with van der Waals surface area (Å²) in [6, 6.07) is 5.84. The number of aliphatic hydroxyl groups is 1. The van der Waals surface area contributed by atoms with Crippen molar-refractivity contribution in [2.45, 2.75) is 19.6 Å². The molecular weight excluding hydrogens is 298 g/mol. The maximum Gasteiger partial charge on any atom is 0.124 e. The van der Waals surface area contributed by atoms with Crippen LogP contribution >= 0.6 is 15.9 Å². The van der Waals surface area contributed by atoms with Crippen molar-refractivity contribution < 1.29 is 14.6 Å². The molecule has 0 saturated carbocycles. The van der Waals surface area contributed by atoms with E-state index >= 15 is 0 Å². The van der Waals surface area contributed by atoms with Gasteiger partial charge in [-0.15, -0.1) is 0 Å². The van der Waals surface area contributed by atoms with Crippen molar-refractivity contribution in [1.82, 2.24) is 5.32 Å². The second kappa shape index (κ2) is 8.48. The van der Waals surface area contributed by atoms with E-state index in [0.29, 0.717) is 0 Å². The van der Waals surface area contributed by atoms with Crippen LogP contribution in [0.5, 0.6) is 5.75 Å². The fraction of sp³-hybridized carbons (Fsp3) is 0.538. The molecule has 1 aromatic rings. The summed E-state index contributed by atoms with van der Waals surface area (Å²) in [5.74, 6) is 0.786. The van der Waals surface area contributed by atoms with Crippen molar-refractivity contribution in [3.05, 3.63) is 28.2 Å². The van der Waals surface area contributed by atoms with Gasteiger partial charge < -0.3 is 19.9 Å². The number of ether oxygens (including phenoxy) is 2. The first-order chi connectivity index (χ1) is 8.67. The van der Waals surface area contributed by atoms with Gasteiger partial charge in [-0.3, -0.25) is 0 Å². The smallest absolute Gasteiger partial charge is 0.124 e. The molecule has 0 spiro atoms. The minimum absolute atomic E-state index is 0.231. The highest BCUT2D eigenvalue weighted by Crippen LogP contribution is 2.23. The van der Waals surface area contributed by atoms with E-state index in [9.17, 15) is 5.11 Å². The minimum atomic E-state index is -0.606. The van der Waals surface area contributed by atoms with E-state index in [-0.39, 0.29) is 13.2 Å². The molecule has 0 saturated heterocycles. The Hall–Kier alpha value is -0.620. The highest BCUT2D eigenvalue weighted by molar-refractivity contribution is 9.10. The molecule has 0 bridgehead atoms. The zero-order valence-corrected chi connectivity index (χ0v) is 12.4. The van der Waals surface area contributed by atoms with E-state index in [4.69, 9.17) is 9.47 Å². The van der Waals surface area contributed by atoms with Gasteiger partial charge in [0.05, 0.1) is 6.61 Å². The lowest BCUT2D eigenvalue weighted by atomic mass is 10.2. The summed E-state index contributed by atoms with van der Waals surface area (Å²) >= 11 is 3.44. The Morgan fingerprint density at radius 3 is 2.83 bits per heavy atom. The average molecular weight is 318 g/mol. The average Bonchev–Trinajstić information content (AvgIpc) is 2.35. The van der Waals surface area contributed by atoms with Crippen LogP contribution in [0.2, 0.25) is 0 Å². The second-order valence-electron chi connectivity index (χ2n) is 3.95. The van der Waals surface area contributed by atoms with E-state index in [1.165, 1.54) is 0 Å². The Bertz CT molecular complexity index is 360. The van der Waals surface area contributed by atoms with Gasteiger partial charge in [-0.1, -0.05) is 22.9 Å².